The van der Waals surface area contributed by atoms with Crippen molar-refractivity contribution in [3.8, 4) is 17.2 Å². The molecule has 1 fully saturated rings. The topological polar surface area (TPSA) is 112 Å². The lowest BCUT2D eigenvalue weighted by Gasteiger charge is -2.26. The molecule has 1 saturated heterocycles. The molecule has 2 atom stereocenters. The van der Waals surface area contributed by atoms with E-state index in [4.69, 9.17) is 14.2 Å². The van der Waals surface area contributed by atoms with Gasteiger partial charge >= 0.3 is 6.36 Å². The van der Waals surface area contributed by atoms with E-state index in [1.165, 1.54) is 36.4 Å². The third-order valence-electron chi connectivity index (χ3n) is 4.39. The SMILES string of the molecule is O=CN(O)[C@H](CS(=O)(=O)c1ccc(Oc2ccc(OC(F)(F)F)cc2)cc1)[C@H]1COCO1. The maximum Gasteiger partial charge on any atom is 0.573 e. The van der Waals surface area contributed by atoms with Crippen molar-refractivity contribution < 1.29 is 50.5 Å². The molecule has 0 aliphatic carbocycles. The van der Waals surface area contributed by atoms with Crippen molar-refractivity contribution in [1.82, 2.24) is 5.06 Å². The normalized spacial score (nSPS) is 17.6. The second-order valence-corrected chi connectivity index (χ2v) is 8.65. The van der Waals surface area contributed by atoms with Crippen LogP contribution in [0.5, 0.6) is 17.2 Å². The fourth-order valence-electron chi connectivity index (χ4n) is 2.88. The first kappa shape index (κ1) is 23.8. The molecule has 174 valence electrons. The summed E-state index contributed by atoms with van der Waals surface area (Å²) in [6.07, 6.45) is -5.53. The molecule has 0 spiro atoms. The minimum absolute atomic E-state index is 0.0185. The Labute approximate surface area is 180 Å². The molecule has 9 nitrogen and oxygen atoms in total. The summed E-state index contributed by atoms with van der Waals surface area (Å²) in [6, 6.07) is 8.73. The first-order valence-corrected chi connectivity index (χ1v) is 10.7. The molecule has 0 radical (unpaired) electrons. The van der Waals surface area contributed by atoms with Crippen molar-refractivity contribution >= 4 is 16.2 Å². The van der Waals surface area contributed by atoms with Crippen LogP contribution in [0.1, 0.15) is 0 Å². The van der Waals surface area contributed by atoms with E-state index in [2.05, 4.69) is 4.74 Å². The van der Waals surface area contributed by atoms with E-state index in [0.29, 0.717) is 0 Å². The van der Waals surface area contributed by atoms with Gasteiger partial charge in [0.1, 0.15) is 36.2 Å². The van der Waals surface area contributed by atoms with E-state index in [9.17, 15) is 31.6 Å². The largest absolute Gasteiger partial charge is 0.573 e. The summed E-state index contributed by atoms with van der Waals surface area (Å²) in [6.45, 7) is -0.0616. The van der Waals surface area contributed by atoms with Crippen LogP contribution in [0.2, 0.25) is 0 Å². The molecule has 2 aromatic carbocycles. The molecule has 1 aliphatic rings. The molecule has 1 N–H and O–H groups in total. The molecule has 1 aliphatic heterocycles. The number of carbonyl (C=O) groups excluding carboxylic acids is 1. The third kappa shape index (κ3) is 6.32. The van der Waals surface area contributed by atoms with Gasteiger partial charge in [0.2, 0.25) is 6.41 Å². The van der Waals surface area contributed by atoms with Crippen LogP contribution in [0.4, 0.5) is 13.2 Å². The minimum Gasteiger partial charge on any atom is -0.457 e. The average molecular weight is 477 g/mol. The van der Waals surface area contributed by atoms with Gasteiger partial charge in [-0.05, 0) is 48.5 Å². The quantitative estimate of drug-likeness (QED) is 0.334. The van der Waals surface area contributed by atoms with Crippen molar-refractivity contribution in [2.45, 2.75) is 23.4 Å². The molecule has 1 amide bonds. The summed E-state index contributed by atoms with van der Waals surface area (Å²) >= 11 is 0. The monoisotopic (exact) mass is 477 g/mol. The maximum absolute atomic E-state index is 12.7. The van der Waals surface area contributed by atoms with Crippen molar-refractivity contribution in [3.63, 3.8) is 0 Å². The van der Waals surface area contributed by atoms with Crippen LogP contribution >= 0.6 is 0 Å². The number of halogens is 3. The van der Waals surface area contributed by atoms with Gasteiger partial charge in [0.05, 0.1) is 17.3 Å². The van der Waals surface area contributed by atoms with E-state index >= 15 is 0 Å². The van der Waals surface area contributed by atoms with E-state index in [0.717, 1.165) is 12.1 Å². The highest BCUT2D eigenvalue weighted by Gasteiger charge is 2.35. The van der Waals surface area contributed by atoms with Gasteiger partial charge in [-0.25, -0.2) is 13.5 Å². The van der Waals surface area contributed by atoms with E-state index in [-0.39, 0.29) is 41.3 Å². The lowest BCUT2D eigenvalue weighted by molar-refractivity contribution is -0.274. The molecule has 13 heteroatoms. The second-order valence-electron chi connectivity index (χ2n) is 6.62. The molecule has 0 saturated carbocycles. The van der Waals surface area contributed by atoms with Gasteiger partial charge in [0.25, 0.3) is 0 Å². The third-order valence-corrected chi connectivity index (χ3v) is 6.16. The van der Waals surface area contributed by atoms with Gasteiger partial charge in [0.15, 0.2) is 9.84 Å². The number of benzene rings is 2. The van der Waals surface area contributed by atoms with Crippen LogP contribution in [-0.2, 0) is 24.1 Å². The summed E-state index contributed by atoms with van der Waals surface area (Å²) in [7, 11) is -3.94. The first-order valence-electron chi connectivity index (χ1n) is 9.06. The minimum atomic E-state index is -4.81. The van der Waals surface area contributed by atoms with Gasteiger partial charge in [0, 0.05) is 0 Å². The van der Waals surface area contributed by atoms with E-state index in [1.54, 1.807) is 0 Å². The second kappa shape index (κ2) is 9.73. The van der Waals surface area contributed by atoms with Crippen LogP contribution in [0.25, 0.3) is 0 Å². The summed E-state index contributed by atoms with van der Waals surface area (Å²) in [4.78, 5) is 10.8. The molecule has 2 aromatic rings. The Morgan fingerprint density at radius 3 is 2.16 bits per heavy atom. The number of amides is 1. The Morgan fingerprint density at radius 1 is 1.09 bits per heavy atom. The predicted octanol–water partition coefficient (Wildman–Crippen LogP) is 2.74. The van der Waals surface area contributed by atoms with Gasteiger partial charge < -0.3 is 18.9 Å². The number of rotatable bonds is 9. The zero-order chi connectivity index (χ0) is 23.4. The highest BCUT2D eigenvalue weighted by molar-refractivity contribution is 7.91. The van der Waals surface area contributed by atoms with Gasteiger partial charge in [-0.3, -0.25) is 10.0 Å². The van der Waals surface area contributed by atoms with Crippen molar-refractivity contribution in [1.29, 1.82) is 0 Å². The summed E-state index contributed by atoms with van der Waals surface area (Å²) in [5.74, 6) is -0.590. The summed E-state index contributed by atoms with van der Waals surface area (Å²) in [5, 5.41) is 9.99. The maximum atomic E-state index is 12.7. The Hall–Kier alpha value is -2.87. The van der Waals surface area contributed by atoms with E-state index in [1.807, 2.05) is 0 Å². The molecule has 3 rings (SSSR count). The number of hydroxylamine groups is 2. The van der Waals surface area contributed by atoms with Gasteiger partial charge in [-0.15, -0.1) is 13.2 Å². The fourth-order valence-corrected chi connectivity index (χ4v) is 4.44. The molecule has 0 unspecified atom stereocenters. The number of hydrogen-bond donors (Lipinski definition) is 1. The zero-order valence-electron chi connectivity index (χ0n) is 16.3. The molecular formula is C19H18F3NO8S. The number of hydrogen-bond acceptors (Lipinski definition) is 8. The Morgan fingerprint density at radius 2 is 1.66 bits per heavy atom. The Balaban J connectivity index is 1.68. The Kier molecular flexibility index (Phi) is 7.23. The predicted molar refractivity (Wildman–Crippen MR) is 101 cm³/mol. The van der Waals surface area contributed by atoms with Crippen molar-refractivity contribution in [2.75, 3.05) is 19.2 Å². The lowest BCUT2D eigenvalue weighted by atomic mass is 10.2. The zero-order valence-corrected chi connectivity index (χ0v) is 17.1. The summed E-state index contributed by atoms with van der Waals surface area (Å²) < 4.78 is 81.6. The number of nitrogens with zero attached hydrogens (tertiary/aromatic N) is 1. The van der Waals surface area contributed by atoms with Gasteiger partial charge in [-0.1, -0.05) is 0 Å². The first-order chi connectivity index (χ1) is 15.1. The number of carbonyl (C=O) groups is 1. The van der Waals surface area contributed by atoms with Crippen molar-refractivity contribution in [2.24, 2.45) is 0 Å². The Bertz CT molecular complexity index is 1010. The van der Waals surface area contributed by atoms with Crippen molar-refractivity contribution in [3.05, 3.63) is 48.5 Å². The molecule has 1 heterocycles. The average Bonchev–Trinajstić information content (AvgIpc) is 3.27. The molecule has 32 heavy (non-hydrogen) atoms. The van der Waals surface area contributed by atoms with Gasteiger partial charge in [-0.2, -0.15) is 0 Å². The van der Waals surface area contributed by atoms with Crippen LogP contribution in [0.3, 0.4) is 0 Å². The van der Waals surface area contributed by atoms with E-state index < -0.39 is 39.8 Å². The highest BCUT2D eigenvalue weighted by Crippen LogP contribution is 2.28. The van der Waals surface area contributed by atoms with Crippen LogP contribution < -0.4 is 9.47 Å². The van der Waals surface area contributed by atoms with Crippen LogP contribution in [0.15, 0.2) is 53.4 Å². The number of ether oxygens (including phenoxy) is 4. The number of sulfone groups is 1. The van der Waals surface area contributed by atoms with Crippen LogP contribution in [-0.4, -0.2) is 62.8 Å². The van der Waals surface area contributed by atoms with Crippen LogP contribution in [0, 0.1) is 0 Å². The standard InChI is InChI=1S/C19H18F3NO8S/c20-19(21,22)31-15-3-1-13(2-4-15)30-14-5-7-16(8-6-14)32(26,27)10-17(23(25)11-24)18-9-28-12-29-18/h1-8,11,17-18,25H,9-10,12H2/t17-,18-/m1/s1. The highest BCUT2D eigenvalue weighted by atomic mass is 32.2. The smallest absolute Gasteiger partial charge is 0.457 e. The lowest BCUT2D eigenvalue weighted by Crippen LogP contribution is -2.46. The molecule has 0 aromatic heterocycles. The molecular weight excluding hydrogens is 459 g/mol. The summed E-state index contributed by atoms with van der Waals surface area (Å²) in [5.41, 5.74) is 0. The fraction of sp³-hybridized carbons (Fsp3) is 0.316. The molecule has 0 bridgehead atoms. The number of alkyl halides is 3.